The Bertz CT molecular complexity index is 639. The van der Waals surface area contributed by atoms with Crippen LogP contribution >= 0.6 is 11.8 Å². The molecule has 130 valence electrons. The molecule has 7 heteroatoms. The predicted octanol–water partition coefficient (Wildman–Crippen LogP) is 2.17. The number of urea groups is 1. The molecule has 0 spiro atoms. The Balaban J connectivity index is 1.69. The molecule has 2 fully saturated rings. The van der Waals surface area contributed by atoms with Crippen LogP contribution in [0, 0.1) is 5.92 Å². The third kappa shape index (κ3) is 2.98. The number of fused-ring (bicyclic) bond motifs is 1. The number of hydrogen-bond acceptors (Lipinski definition) is 4. The molecule has 1 aliphatic heterocycles. The molecule has 24 heavy (non-hydrogen) atoms. The SMILES string of the molecule is COCCNC(=O)C12CC1CCN2C(=O)Nc1ccccc1SC. The second-order valence-corrected chi connectivity index (χ2v) is 6.99. The van der Waals surface area contributed by atoms with E-state index >= 15 is 0 Å². The number of carbonyl (C=O) groups excluding carboxylic acids is 2. The highest BCUT2D eigenvalue weighted by Crippen LogP contribution is 2.55. The second kappa shape index (κ2) is 7.03. The summed E-state index contributed by atoms with van der Waals surface area (Å²) in [5.41, 5.74) is 0.126. The molecule has 0 bridgehead atoms. The van der Waals surface area contributed by atoms with Gasteiger partial charge in [0.2, 0.25) is 5.91 Å². The van der Waals surface area contributed by atoms with Gasteiger partial charge in [-0.05, 0) is 37.1 Å². The minimum absolute atomic E-state index is 0.0599. The first-order valence-corrected chi connectivity index (χ1v) is 9.35. The fourth-order valence-corrected chi connectivity index (χ4v) is 4.06. The predicted molar refractivity (Wildman–Crippen MR) is 94.3 cm³/mol. The van der Waals surface area contributed by atoms with E-state index in [9.17, 15) is 9.59 Å². The molecule has 1 saturated carbocycles. The second-order valence-electron chi connectivity index (χ2n) is 6.14. The number of methoxy groups -OCH3 is 1. The van der Waals surface area contributed by atoms with E-state index in [1.807, 2.05) is 30.5 Å². The van der Waals surface area contributed by atoms with Gasteiger partial charge in [-0.25, -0.2) is 4.79 Å². The number of carbonyl (C=O) groups is 2. The zero-order valence-electron chi connectivity index (χ0n) is 14.0. The first-order valence-electron chi connectivity index (χ1n) is 8.12. The van der Waals surface area contributed by atoms with Crippen molar-refractivity contribution in [2.24, 2.45) is 5.92 Å². The summed E-state index contributed by atoms with van der Waals surface area (Å²) in [4.78, 5) is 28.1. The lowest BCUT2D eigenvalue weighted by atomic mass is 10.2. The maximum atomic E-state index is 12.8. The molecule has 3 rings (SSSR count). The van der Waals surface area contributed by atoms with Crippen molar-refractivity contribution in [1.82, 2.24) is 10.2 Å². The molecule has 3 amide bonds. The van der Waals surface area contributed by atoms with E-state index in [-0.39, 0.29) is 17.9 Å². The third-order valence-corrected chi connectivity index (χ3v) is 5.63. The van der Waals surface area contributed by atoms with Crippen LogP contribution < -0.4 is 10.6 Å². The van der Waals surface area contributed by atoms with Crippen LogP contribution in [-0.4, -0.2) is 55.4 Å². The first kappa shape index (κ1) is 17.1. The maximum Gasteiger partial charge on any atom is 0.322 e. The van der Waals surface area contributed by atoms with Gasteiger partial charge >= 0.3 is 6.03 Å². The average Bonchev–Trinajstić information content (AvgIpc) is 3.21. The van der Waals surface area contributed by atoms with E-state index in [1.54, 1.807) is 23.8 Å². The molecule has 1 aliphatic carbocycles. The highest BCUT2D eigenvalue weighted by molar-refractivity contribution is 7.98. The summed E-state index contributed by atoms with van der Waals surface area (Å²) < 4.78 is 4.97. The van der Waals surface area contributed by atoms with Crippen LogP contribution in [0.5, 0.6) is 0 Å². The molecule has 1 aromatic rings. The van der Waals surface area contributed by atoms with Gasteiger partial charge in [0.15, 0.2) is 0 Å². The number of thioether (sulfide) groups is 1. The number of anilines is 1. The Morgan fingerprint density at radius 3 is 2.92 bits per heavy atom. The minimum atomic E-state index is -0.661. The molecule has 1 heterocycles. The largest absolute Gasteiger partial charge is 0.383 e. The van der Waals surface area contributed by atoms with Gasteiger partial charge < -0.3 is 20.3 Å². The molecular weight excluding hydrogens is 326 g/mol. The number of nitrogens with zero attached hydrogens (tertiary/aromatic N) is 1. The standard InChI is InChI=1S/C17H23N3O3S/c1-23-10-8-18-15(21)17-11-12(17)7-9-20(17)16(22)19-13-5-3-4-6-14(13)24-2/h3-6,12H,7-11H2,1-2H3,(H,18,21)(H,19,22). The number of amides is 3. The Kier molecular flexibility index (Phi) is 5.01. The topological polar surface area (TPSA) is 70.7 Å². The fourth-order valence-electron chi connectivity index (χ4n) is 3.51. The summed E-state index contributed by atoms with van der Waals surface area (Å²) in [6.07, 6.45) is 3.61. The molecule has 2 aliphatic rings. The van der Waals surface area contributed by atoms with Crippen LogP contribution in [0.15, 0.2) is 29.2 Å². The number of piperidine rings is 1. The van der Waals surface area contributed by atoms with E-state index in [0.717, 1.165) is 23.4 Å². The van der Waals surface area contributed by atoms with Crippen LogP contribution in [0.25, 0.3) is 0 Å². The van der Waals surface area contributed by atoms with Gasteiger partial charge in [-0.1, -0.05) is 12.1 Å². The highest BCUT2D eigenvalue weighted by atomic mass is 32.2. The third-order valence-electron chi connectivity index (χ3n) is 4.83. The Morgan fingerprint density at radius 2 is 2.21 bits per heavy atom. The van der Waals surface area contributed by atoms with Crippen molar-refractivity contribution in [3.05, 3.63) is 24.3 Å². The lowest BCUT2D eigenvalue weighted by Gasteiger charge is -2.28. The molecule has 2 N–H and O–H groups in total. The van der Waals surface area contributed by atoms with Crippen molar-refractivity contribution in [3.8, 4) is 0 Å². The molecule has 0 radical (unpaired) electrons. The smallest absolute Gasteiger partial charge is 0.322 e. The fraction of sp³-hybridized carbons (Fsp3) is 0.529. The zero-order chi connectivity index (χ0) is 17.2. The van der Waals surface area contributed by atoms with Crippen LogP contribution in [-0.2, 0) is 9.53 Å². The van der Waals surface area contributed by atoms with Crippen molar-refractivity contribution in [2.45, 2.75) is 23.3 Å². The number of hydrogen-bond donors (Lipinski definition) is 2. The van der Waals surface area contributed by atoms with Crippen molar-refractivity contribution in [3.63, 3.8) is 0 Å². The first-order chi connectivity index (χ1) is 11.6. The van der Waals surface area contributed by atoms with Crippen LogP contribution in [0.4, 0.5) is 10.5 Å². The molecular formula is C17H23N3O3S. The van der Waals surface area contributed by atoms with E-state index < -0.39 is 5.54 Å². The van der Waals surface area contributed by atoms with Gasteiger partial charge in [-0.2, -0.15) is 0 Å². The lowest BCUT2D eigenvalue weighted by Crippen LogP contribution is -2.52. The molecule has 6 nitrogen and oxygen atoms in total. The van der Waals surface area contributed by atoms with Gasteiger partial charge in [0.25, 0.3) is 0 Å². The van der Waals surface area contributed by atoms with E-state index in [0.29, 0.717) is 19.7 Å². The van der Waals surface area contributed by atoms with Crippen molar-refractivity contribution in [2.75, 3.05) is 38.4 Å². The lowest BCUT2D eigenvalue weighted by molar-refractivity contribution is -0.126. The van der Waals surface area contributed by atoms with Crippen molar-refractivity contribution in [1.29, 1.82) is 0 Å². The van der Waals surface area contributed by atoms with Crippen LogP contribution in [0.3, 0.4) is 0 Å². The summed E-state index contributed by atoms with van der Waals surface area (Å²) in [5.74, 6) is 0.219. The van der Waals surface area contributed by atoms with E-state index in [1.165, 1.54) is 0 Å². The average molecular weight is 349 g/mol. The summed E-state index contributed by atoms with van der Waals surface area (Å²) in [5, 5.41) is 5.86. The number of rotatable bonds is 6. The van der Waals surface area contributed by atoms with Crippen molar-refractivity contribution < 1.29 is 14.3 Å². The number of para-hydroxylation sites is 1. The maximum absolute atomic E-state index is 12.8. The van der Waals surface area contributed by atoms with E-state index in [2.05, 4.69) is 10.6 Å². The quantitative estimate of drug-likeness (QED) is 0.610. The molecule has 0 aromatic heterocycles. The summed E-state index contributed by atoms with van der Waals surface area (Å²) in [6, 6.07) is 7.50. The van der Waals surface area contributed by atoms with Crippen LogP contribution in [0.2, 0.25) is 0 Å². The number of benzene rings is 1. The summed E-state index contributed by atoms with van der Waals surface area (Å²) >= 11 is 1.58. The highest BCUT2D eigenvalue weighted by Gasteiger charge is 2.68. The molecule has 1 saturated heterocycles. The van der Waals surface area contributed by atoms with Gasteiger partial charge in [0.1, 0.15) is 5.54 Å². The number of likely N-dealkylation sites (tertiary alicyclic amines) is 1. The monoisotopic (exact) mass is 349 g/mol. The Hall–Kier alpha value is -1.73. The number of nitrogens with one attached hydrogen (secondary N) is 2. The normalized spacial score (nSPS) is 24.4. The van der Waals surface area contributed by atoms with Gasteiger partial charge in [-0.3, -0.25) is 4.79 Å². The van der Waals surface area contributed by atoms with Gasteiger partial charge in [0, 0.05) is 25.1 Å². The Labute approximate surface area is 146 Å². The van der Waals surface area contributed by atoms with Crippen molar-refractivity contribution >= 4 is 29.4 Å². The zero-order valence-corrected chi connectivity index (χ0v) is 14.8. The Morgan fingerprint density at radius 1 is 1.42 bits per heavy atom. The van der Waals surface area contributed by atoms with Gasteiger partial charge in [-0.15, -0.1) is 11.8 Å². The summed E-state index contributed by atoms with van der Waals surface area (Å²) in [6.45, 7) is 1.56. The van der Waals surface area contributed by atoms with E-state index in [4.69, 9.17) is 4.74 Å². The molecule has 1 aromatic carbocycles. The summed E-state index contributed by atoms with van der Waals surface area (Å²) in [7, 11) is 1.60. The molecule has 2 unspecified atom stereocenters. The minimum Gasteiger partial charge on any atom is -0.383 e. The van der Waals surface area contributed by atoms with Gasteiger partial charge in [0.05, 0.1) is 12.3 Å². The van der Waals surface area contributed by atoms with Crippen LogP contribution in [0.1, 0.15) is 12.8 Å². The molecule has 2 atom stereocenters. The number of ether oxygens (including phenoxy) is 1.